The van der Waals surface area contributed by atoms with Crippen molar-refractivity contribution in [1.29, 1.82) is 0 Å². The van der Waals surface area contributed by atoms with E-state index in [0.29, 0.717) is 19.0 Å². The van der Waals surface area contributed by atoms with Gasteiger partial charge in [-0.15, -0.1) is 0 Å². The zero-order chi connectivity index (χ0) is 11.3. The van der Waals surface area contributed by atoms with Crippen molar-refractivity contribution in [3.8, 4) is 0 Å². The summed E-state index contributed by atoms with van der Waals surface area (Å²) in [6, 6.07) is 0. The Hall–Kier alpha value is -1.06. The maximum Gasteiger partial charge on any atom is 0.308 e. The molecule has 0 radical (unpaired) electrons. The van der Waals surface area contributed by atoms with Crippen LogP contribution in [0.15, 0.2) is 0 Å². The third-order valence-corrected chi connectivity index (χ3v) is 1.95. The van der Waals surface area contributed by atoms with Gasteiger partial charge < -0.3 is 10.0 Å². The van der Waals surface area contributed by atoms with E-state index < -0.39 is 11.9 Å². The van der Waals surface area contributed by atoms with Gasteiger partial charge in [0.05, 0.1) is 5.92 Å². The van der Waals surface area contributed by atoms with Gasteiger partial charge in [-0.1, -0.05) is 20.8 Å². The summed E-state index contributed by atoms with van der Waals surface area (Å²) in [5.74, 6) is -1.07. The summed E-state index contributed by atoms with van der Waals surface area (Å²) < 4.78 is 0. The largest absolute Gasteiger partial charge is 0.481 e. The predicted molar refractivity (Wildman–Crippen MR) is 53.9 cm³/mol. The number of nitrogens with zero attached hydrogens (tertiary/aromatic N) is 1. The van der Waals surface area contributed by atoms with Crippen LogP contribution in [0.5, 0.6) is 0 Å². The summed E-state index contributed by atoms with van der Waals surface area (Å²) in [5.41, 5.74) is 0. The average Bonchev–Trinajstić information content (AvgIpc) is 2.01. The molecule has 0 rings (SSSR count). The second-order valence-electron chi connectivity index (χ2n) is 4.06. The first-order valence-electron chi connectivity index (χ1n) is 4.83. The van der Waals surface area contributed by atoms with Crippen LogP contribution in [-0.2, 0) is 9.59 Å². The fraction of sp³-hybridized carbons (Fsp3) is 0.800. The van der Waals surface area contributed by atoms with Gasteiger partial charge in [0.25, 0.3) is 0 Å². The molecular weight excluding hydrogens is 182 g/mol. The number of amides is 1. The Morgan fingerprint density at radius 2 is 1.71 bits per heavy atom. The van der Waals surface area contributed by atoms with Crippen molar-refractivity contribution in [2.24, 2.45) is 11.8 Å². The molecule has 1 N–H and O–H groups in total. The van der Waals surface area contributed by atoms with E-state index in [4.69, 9.17) is 5.11 Å². The lowest BCUT2D eigenvalue weighted by molar-refractivity contribution is -0.142. The Bertz CT molecular complexity index is 213. The maximum absolute atomic E-state index is 11.2. The Morgan fingerprint density at radius 1 is 1.21 bits per heavy atom. The summed E-state index contributed by atoms with van der Waals surface area (Å²) in [6.45, 7) is 7.99. The van der Waals surface area contributed by atoms with Crippen LogP contribution in [-0.4, -0.2) is 35.0 Å². The van der Waals surface area contributed by atoms with E-state index in [0.717, 1.165) is 0 Å². The monoisotopic (exact) mass is 201 g/mol. The topological polar surface area (TPSA) is 57.6 Å². The number of hydrogen-bond donors (Lipinski definition) is 1. The van der Waals surface area contributed by atoms with Crippen molar-refractivity contribution in [1.82, 2.24) is 4.90 Å². The van der Waals surface area contributed by atoms with Crippen LogP contribution in [0.4, 0.5) is 0 Å². The van der Waals surface area contributed by atoms with Gasteiger partial charge in [0.2, 0.25) is 5.91 Å². The SMILES string of the molecule is CC(=O)N(CC(C)C)CC(C)C(=O)O. The molecule has 0 spiro atoms. The van der Waals surface area contributed by atoms with Crippen molar-refractivity contribution in [3.63, 3.8) is 0 Å². The van der Waals surface area contributed by atoms with Gasteiger partial charge >= 0.3 is 5.97 Å². The van der Waals surface area contributed by atoms with Crippen molar-refractivity contribution in [3.05, 3.63) is 0 Å². The third kappa shape index (κ3) is 4.84. The smallest absolute Gasteiger partial charge is 0.308 e. The lowest BCUT2D eigenvalue weighted by Gasteiger charge is -2.24. The van der Waals surface area contributed by atoms with Crippen LogP contribution in [0.1, 0.15) is 27.7 Å². The Kier molecular flexibility index (Phi) is 5.20. The highest BCUT2D eigenvalue weighted by Gasteiger charge is 2.18. The molecule has 0 saturated carbocycles. The lowest BCUT2D eigenvalue weighted by Crippen LogP contribution is -2.37. The molecule has 4 heteroatoms. The molecule has 0 heterocycles. The molecule has 0 bridgehead atoms. The highest BCUT2D eigenvalue weighted by Crippen LogP contribution is 2.04. The molecule has 4 nitrogen and oxygen atoms in total. The minimum Gasteiger partial charge on any atom is -0.481 e. The van der Waals surface area contributed by atoms with E-state index in [1.807, 2.05) is 13.8 Å². The summed E-state index contributed by atoms with van der Waals surface area (Å²) >= 11 is 0. The molecule has 0 aliphatic carbocycles. The van der Waals surface area contributed by atoms with E-state index in [1.165, 1.54) is 6.92 Å². The summed E-state index contributed by atoms with van der Waals surface area (Å²) in [4.78, 5) is 23.4. The van der Waals surface area contributed by atoms with E-state index in [2.05, 4.69) is 0 Å². The number of rotatable bonds is 5. The molecule has 0 fully saturated rings. The molecule has 0 saturated heterocycles. The molecule has 0 aliphatic heterocycles. The molecular formula is C10H19NO3. The second kappa shape index (κ2) is 5.62. The van der Waals surface area contributed by atoms with Gasteiger partial charge in [0, 0.05) is 20.0 Å². The van der Waals surface area contributed by atoms with Crippen molar-refractivity contribution < 1.29 is 14.7 Å². The van der Waals surface area contributed by atoms with Crippen molar-refractivity contribution in [2.75, 3.05) is 13.1 Å². The first-order chi connectivity index (χ1) is 6.34. The molecule has 0 aliphatic rings. The molecule has 82 valence electrons. The molecule has 1 atom stereocenters. The van der Waals surface area contributed by atoms with E-state index in [1.54, 1.807) is 11.8 Å². The first-order valence-corrected chi connectivity index (χ1v) is 4.83. The highest BCUT2D eigenvalue weighted by atomic mass is 16.4. The molecule has 0 aromatic heterocycles. The standard InChI is InChI=1S/C10H19NO3/c1-7(2)5-11(9(4)12)6-8(3)10(13)14/h7-8H,5-6H2,1-4H3,(H,13,14). The number of carbonyl (C=O) groups is 2. The zero-order valence-electron chi connectivity index (χ0n) is 9.28. The maximum atomic E-state index is 11.2. The van der Waals surface area contributed by atoms with Crippen LogP contribution in [0.25, 0.3) is 0 Å². The van der Waals surface area contributed by atoms with Crippen LogP contribution >= 0.6 is 0 Å². The van der Waals surface area contributed by atoms with Crippen LogP contribution in [0.3, 0.4) is 0 Å². The van der Waals surface area contributed by atoms with Gasteiger partial charge in [0.15, 0.2) is 0 Å². The quantitative estimate of drug-likeness (QED) is 0.727. The summed E-state index contributed by atoms with van der Waals surface area (Å²) in [5, 5.41) is 8.71. The van der Waals surface area contributed by atoms with Gasteiger partial charge in [-0.25, -0.2) is 0 Å². The Labute approximate surface area is 84.9 Å². The molecule has 14 heavy (non-hydrogen) atoms. The minimum atomic E-state index is -0.861. The number of carbonyl (C=O) groups excluding carboxylic acids is 1. The molecule has 0 aromatic carbocycles. The van der Waals surface area contributed by atoms with Gasteiger partial charge in [-0.05, 0) is 5.92 Å². The van der Waals surface area contributed by atoms with Gasteiger partial charge in [0.1, 0.15) is 0 Å². The highest BCUT2D eigenvalue weighted by molar-refractivity contribution is 5.75. The van der Waals surface area contributed by atoms with Crippen LogP contribution < -0.4 is 0 Å². The average molecular weight is 201 g/mol. The normalized spacial score (nSPS) is 12.6. The summed E-state index contributed by atoms with van der Waals surface area (Å²) in [7, 11) is 0. The Balaban J connectivity index is 4.23. The van der Waals surface area contributed by atoms with Crippen LogP contribution in [0, 0.1) is 11.8 Å². The Morgan fingerprint density at radius 3 is 2.00 bits per heavy atom. The number of carboxylic acids is 1. The number of hydrogen-bond acceptors (Lipinski definition) is 2. The third-order valence-electron chi connectivity index (χ3n) is 1.95. The predicted octanol–water partition coefficient (Wildman–Crippen LogP) is 1.21. The van der Waals surface area contributed by atoms with Gasteiger partial charge in [-0.2, -0.15) is 0 Å². The minimum absolute atomic E-state index is 0.0631. The van der Waals surface area contributed by atoms with E-state index in [9.17, 15) is 9.59 Å². The van der Waals surface area contributed by atoms with Crippen molar-refractivity contribution >= 4 is 11.9 Å². The summed E-state index contributed by atoms with van der Waals surface area (Å²) in [6.07, 6.45) is 0. The fourth-order valence-corrected chi connectivity index (χ4v) is 1.18. The van der Waals surface area contributed by atoms with Crippen molar-refractivity contribution in [2.45, 2.75) is 27.7 Å². The van der Waals surface area contributed by atoms with E-state index in [-0.39, 0.29) is 5.91 Å². The zero-order valence-corrected chi connectivity index (χ0v) is 9.28. The first kappa shape index (κ1) is 12.9. The number of carboxylic acid groups (broad SMARTS) is 1. The fourth-order valence-electron chi connectivity index (χ4n) is 1.18. The van der Waals surface area contributed by atoms with Gasteiger partial charge in [-0.3, -0.25) is 9.59 Å². The van der Waals surface area contributed by atoms with E-state index >= 15 is 0 Å². The molecule has 0 aromatic rings. The number of aliphatic carboxylic acids is 1. The molecule has 1 unspecified atom stereocenters. The second-order valence-corrected chi connectivity index (χ2v) is 4.06. The van der Waals surface area contributed by atoms with Crippen LogP contribution in [0.2, 0.25) is 0 Å². The lowest BCUT2D eigenvalue weighted by atomic mass is 10.1. The molecule has 1 amide bonds.